The first-order chi connectivity index (χ1) is 13.8. The Morgan fingerprint density at radius 3 is 2.62 bits per heavy atom. The molecule has 5 rings (SSSR count). The van der Waals surface area contributed by atoms with E-state index in [0.29, 0.717) is 11.8 Å². The molecule has 4 nitrogen and oxygen atoms in total. The van der Waals surface area contributed by atoms with E-state index in [1.807, 2.05) is 0 Å². The first kappa shape index (κ1) is 18.9. The Labute approximate surface area is 172 Å². The monoisotopic (exact) mass is 394 g/mol. The SMILES string of the molecule is COc1ccc2c(c1)CC[C@@H]1[C@@H]2CC[C@@]2(C)[C@]13C=C[C@]2(OC(C)=O)[C@H](C(C)=O)C3. The lowest BCUT2D eigenvalue weighted by molar-refractivity contribution is -0.174. The fraction of sp³-hybridized carbons (Fsp3) is 0.600. The molecular formula is C25H30O4. The normalized spacial score (nSPS) is 41.3. The Balaban J connectivity index is 1.61. The van der Waals surface area contributed by atoms with Crippen molar-refractivity contribution in [2.24, 2.45) is 22.7 Å². The summed E-state index contributed by atoms with van der Waals surface area (Å²) in [6, 6.07) is 6.52. The molecular weight excluding hydrogens is 364 g/mol. The summed E-state index contributed by atoms with van der Waals surface area (Å²) in [5, 5.41) is 0. The Bertz CT molecular complexity index is 933. The fourth-order valence-corrected chi connectivity index (χ4v) is 7.73. The molecule has 4 aliphatic carbocycles. The van der Waals surface area contributed by atoms with Gasteiger partial charge in [-0.15, -0.1) is 0 Å². The molecule has 2 bridgehead atoms. The van der Waals surface area contributed by atoms with Crippen LogP contribution in [0.3, 0.4) is 0 Å². The van der Waals surface area contributed by atoms with Gasteiger partial charge in [-0.2, -0.15) is 0 Å². The molecule has 1 aromatic rings. The number of benzene rings is 1. The number of allylic oxidation sites excluding steroid dienone is 1. The molecule has 0 amide bonds. The van der Waals surface area contributed by atoms with Crippen LogP contribution in [0.1, 0.15) is 63.5 Å². The van der Waals surface area contributed by atoms with Crippen LogP contribution in [0, 0.1) is 22.7 Å². The Hall–Kier alpha value is -2.10. The smallest absolute Gasteiger partial charge is 0.303 e. The third-order valence-electron chi connectivity index (χ3n) is 8.96. The summed E-state index contributed by atoms with van der Waals surface area (Å²) in [5.74, 6) is 1.50. The summed E-state index contributed by atoms with van der Waals surface area (Å²) in [4.78, 5) is 24.8. The number of ether oxygens (including phenoxy) is 2. The number of rotatable bonds is 3. The minimum absolute atomic E-state index is 0.0840. The van der Waals surface area contributed by atoms with Crippen molar-refractivity contribution < 1.29 is 19.1 Å². The second kappa shape index (κ2) is 5.96. The summed E-state index contributed by atoms with van der Waals surface area (Å²) < 4.78 is 11.5. The summed E-state index contributed by atoms with van der Waals surface area (Å²) >= 11 is 0. The quantitative estimate of drug-likeness (QED) is 0.555. The van der Waals surface area contributed by atoms with E-state index < -0.39 is 5.60 Å². The number of esters is 1. The molecule has 4 heteroatoms. The molecule has 0 aromatic heterocycles. The van der Waals surface area contributed by atoms with Gasteiger partial charge in [-0.05, 0) is 80.2 Å². The molecule has 2 saturated carbocycles. The van der Waals surface area contributed by atoms with E-state index >= 15 is 0 Å². The molecule has 4 aliphatic rings. The minimum atomic E-state index is -0.782. The van der Waals surface area contributed by atoms with Gasteiger partial charge >= 0.3 is 5.97 Å². The number of aryl methyl sites for hydroxylation is 1. The zero-order valence-electron chi connectivity index (χ0n) is 17.8. The number of ketones is 1. The average molecular weight is 395 g/mol. The highest BCUT2D eigenvalue weighted by atomic mass is 16.6. The van der Waals surface area contributed by atoms with Crippen LogP contribution in [0.15, 0.2) is 30.4 Å². The molecule has 0 aliphatic heterocycles. The molecule has 154 valence electrons. The van der Waals surface area contributed by atoms with Crippen molar-refractivity contribution in [1.82, 2.24) is 0 Å². The van der Waals surface area contributed by atoms with E-state index in [2.05, 4.69) is 37.3 Å². The second-order valence-electron chi connectivity index (χ2n) is 9.81. The molecule has 29 heavy (non-hydrogen) atoms. The van der Waals surface area contributed by atoms with E-state index in [0.717, 1.165) is 37.9 Å². The molecule has 0 radical (unpaired) electrons. The minimum Gasteiger partial charge on any atom is -0.497 e. The van der Waals surface area contributed by atoms with Gasteiger partial charge in [-0.1, -0.05) is 19.1 Å². The molecule has 0 saturated heterocycles. The molecule has 0 unspecified atom stereocenters. The van der Waals surface area contributed by atoms with Crippen molar-refractivity contribution >= 4 is 11.8 Å². The highest BCUT2D eigenvalue weighted by Crippen LogP contribution is 2.77. The predicted molar refractivity (Wildman–Crippen MR) is 110 cm³/mol. The average Bonchev–Trinajstić information content (AvgIpc) is 3.07. The van der Waals surface area contributed by atoms with Crippen LogP contribution in [0.5, 0.6) is 5.75 Å². The third-order valence-corrected chi connectivity index (χ3v) is 8.96. The first-order valence-electron chi connectivity index (χ1n) is 10.9. The van der Waals surface area contributed by atoms with Gasteiger partial charge in [0.25, 0.3) is 0 Å². The first-order valence-corrected chi connectivity index (χ1v) is 10.9. The van der Waals surface area contributed by atoms with Gasteiger partial charge in [0, 0.05) is 17.8 Å². The number of hydrogen-bond acceptors (Lipinski definition) is 4. The van der Waals surface area contributed by atoms with E-state index in [9.17, 15) is 9.59 Å². The van der Waals surface area contributed by atoms with E-state index in [1.54, 1.807) is 14.0 Å². The summed E-state index contributed by atoms with van der Waals surface area (Å²) in [7, 11) is 1.72. The number of hydrogen-bond donors (Lipinski definition) is 0. The fourth-order valence-electron chi connectivity index (χ4n) is 7.73. The number of methoxy groups -OCH3 is 1. The van der Waals surface area contributed by atoms with Gasteiger partial charge in [0.2, 0.25) is 0 Å². The molecule has 0 N–H and O–H groups in total. The van der Waals surface area contributed by atoms with Gasteiger partial charge in [0.15, 0.2) is 0 Å². The number of fused-ring (bicyclic) bond motifs is 3. The maximum atomic E-state index is 12.7. The van der Waals surface area contributed by atoms with Crippen LogP contribution in [0.2, 0.25) is 0 Å². The lowest BCUT2D eigenvalue weighted by atomic mass is 9.48. The number of carbonyl (C=O) groups excluding carboxylic acids is 2. The van der Waals surface area contributed by atoms with Gasteiger partial charge in [0.1, 0.15) is 17.1 Å². The summed E-state index contributed by atoms with van der Waals surface area (Å²) in [6.07, 6.45) is 9.39. The van der Waals surface area contributed by atoms with E-state index in [4.69, 9.17) is 9.47 Å². The lowest BCUT2D eigenvalue weighted by Gasteiger charge is -2.56. The molecule has 1 aromatic carbocycles. The van der Waals surface area contributed by atoms with Crippen molar-refractivity contribution in [2.45, 2.75) is 64.4 Å². The van der Waals surface area contributed by atoms with Crippen LogP contribution >= 0.6 is 0 Å². The lowest BCUT2D eigenvalue weighted by Crippen LogP contribution is -2.55. The summed E-state index contributed by atoms with van der Waals surface area (Å²) in [6.45, 7) is 5.41. The van der Waals surface area contributed by atoms with Gasteiger partial charge in [-0.25, -0.2) is 0 Å². The highest BCUT2D eigenvalue weighted by molar-refractivity contribution is 5.83. The molecule has 2 fully saturated rings. The Kier molecular flexibility index (Phi) is 3.89. The number of Topliss-reactive ketones (excluding diaryl/α,β-unsaturated/α-hetero) is 1. The zero-order chi connectivity index (χ0) is 20.6. The predicted octanol–water partition coefficient (Wildman–Crippen LogP) is 4.61. The summed E-state index contributed by atoms with van der Waals surface area (Å²) in [5.41, 5.74) is 1.77. The van der Waals surface area contributed by atoms with Crippen molar-refractivity contribution in [1.29, 1.82) is 0 Å². The van der Waals surface area contributed by atoms with Crippen molar-refractivity contribution in [3.63, 3.8) is 0 Å². The van der Waals surface area contributed by atoms with Crippen LogP contribution < -0.4 is 4.74 Å². The Morgan fingerprint density at radius 2 is 1.93 bits per heavy atom. The maximum Gasteiger partial charge on any atom is 0.303 e. The largest absolute Gasteiger partial charge is 0.497 e. The van der Waals surface area contributed by atoms with Crippen LogP contribution in [0.4, 0.5) is 0 Å². The van der Waals surface area contributed by atoms with E-state index in [1.165, 1.54) is 18.1 Å². The van der Waals surface area contributed by atoms with Crippen LogP contribution in [-0.4, -0.2) is 24.5 Å². The Morgan fingerprint density at radius 1 is 1.14 bits per heavy atom. The van der Waals surface area contributed by atoms with Crippen LogP contribution in [0.25, 0.3) is 0 Å². The van der Waals surface area contributed by atoms with Gasteiger partial charge in [-0.3, -0.25) is 9.59 Å². The molecule has 6 atom stereocenters. The van der Waals surface area contributed by atoms with Crippen LogP contribution in [-0.2, 0) is 20.7 Å². The zero-order valence-corrected chi connectivity index (χ0v) is 17.8. The molecule has 0 spiro atoms. The van der Waals surface area contributed by atoms with Crippen molar-refractivity contribution in [2.75, 3.05) is 7.11 Å². The third kappa shape index (κ3) is 2.15. The van der Waals surface area contributed by atoms with E-state index in [-0.39, 0.29) is 28.5 Å². The number of carbonyl (C=O) groups is 2. The standard InChI is InChI=1S/C25H30O4/c1-15(26)22-14-24-11-12-25(22,29-16(2)27)23(24,3)10-9-20-19-7-6-18(28-4)13-17(19)5-8-21(20)24/h6-7,11-13,20-22H,5,8-10,14H2,1-4H3/t20-,21-,22+,23+,24+,25+/m1/s1. The maximum absolute atomic E-state index is 12.7. The van der Waals surface area contributed by atoms with Crippen molar-refractivity contribution in [3.8, 4) is 5.75 Å². The topological polar surface area (TPSA) is 52.6 Å². The second-order valence-corrected chi connectivity index (χ2v) is 9.81. The highest BCUT2D eigenvalue weighted by Gasteiger charge is 2.77. The van der Waals surface area contributed by atoms with Gasteiger partial charge in [0.05, 0.1) is 13.0 Å². The van der Waals surface area contributed by atoms with Gasteiger partial charge < -0.3 is 9.47 Å². The van der Waals surface area contributed by atoms with Crippen molar-refractivity contribution in [3.05, 3.63) is 41.5 Å². The molecule has 0 heterocycles.